The molecule has 0 aromatic heterocycles. The van der Waals surface area contributed by atoms with Crippen LogP contribution in [-0.4, -0.2) is 24.3 Å². The monoisotopic (exact) mass is 334 g/mol. The quantitative estimate of drug-likeness (QED) is 0.499. The van der Waals surface area contributed by atoms with Gasteiger partial charge in [0.1, 0.15) is 12.4 Å². The molecule has 0 saturated heterocycles. The maximum atomic E-state index is 13.9. The summed E-state index contributed by atoms with van der Waals surface area (Å²) in [5, 5.41) is 8.65. The van der Waals surface area contributed by atoms with Crippen LogP contribution in [0.25, 0.3) is 11.1 Å². The Kier molecular flexibility index (Phi) is 5.65. The van der Waals surface area contributed by atoms with Crippen molar-refractivity contribution in [1.29, 1.82) is 0 Å². The number of carbonyl (C=O) groups is 1. The summed E-state index contributed by atoms with van der Waals surface area (Å²) in [7, 11) is 0. The van der Waals surface area contributed by atoms with Crippen molar-refractivity contribution >= 4 is 5.97 Å². The lowest BCUT2D eigenvalue weighted by molar-refractivity contribution is -0.130. The van der Waals surface area contributed by atoms with Gasteiger partial charge in [-0.05, 0) is 42.3 Å². The van der Waals surface area contributed by atoms with Crippen LogP contribution < -0.4 is 9.47 Å². The molecular formula is C18H16F2O4. The Morgan fingerprint density at radius 3 is 2.21 bits per heavy atom. The largest absolute Gasteiger partial charge is 0.485 e. The molecule has 1 N–H and O–H groups in total. The second kappa shape index (κ2) is 7.70. The number of benzene rings is 2. The minimum atomic E-state index is -0.865. The Labute approximate surface area is 138 Å². The number of carbonyl (C=O) groups excluding carboxylic acids is 1. The van der Waals surface area contributed by atoms with Crippen molar-refractivity contribution in [2.45, 2.75) is 6.92 Å². The van der Waals surface area contributed by atoms with Crippen molar-refractivity contribution in [2.24, 2.45) is 0 Å². The highest BCUT2D eigenvalue weighted by molar-refractivity contribution is 5.88. The smallest absolute Gasteiger partial charge is 0.338 e. The van der Waals surface area contributed by atoms with E-state index in [1.165, 1.54) is 19.1 Å². The van der Waals surface area contributed by atoms with Crippen LogP contribution in [0.1, 0.15) is 6.92 Å². The van der Waals surface area contributed by atoms with Gasteiger partial charge in [0.2, 0.25) is 0 Å². The lowest BCUT2D eigenvalue weighted by Crippen LogP contribution is -2.07. The molecule has 0 saturated carbocycles. The standard InChI is InChI=1S/C18H16F2O4/c1-11(2)18(22)24-14-5-3-12(4-6-14)13-9-15(19)17(16(20)10-13)23-8-7-21/h3-6,9-10,21H,1,7-8H2,2H3. The Hall–Kier alpha value is -2.73. The number of aliphatic hydroxyl groups is 1. The fourth-order valence-electron chi connectivity index (χ4n) is 1.92. The Morgan fingerprint density at radius 2 is 1.71 bits per heavy atom. The van der Waals surface area contributed by atoms with Gasteiger partial charge in [-0.3, -0.25) is 0 Å². The molecule has 0 radical (unpaired) electrons. The zero-order valence-electron chi connectivity index (χ0n) is 13.0. The summed E-state index contributed by atoms with van der Waals surface area (Å²) >= 11 is 0. The van der Waals surface area contributed by atoms with Gasteiger partial charge < -0.3 is 14.6 Å². The van der Waals surface area contributed by atoms with Crippen LogP contribution in [0.5, 0.6) is 11.5 Å². The Morgan fingerprint density at radius 1 is 1.12 bits per heavy atom. The third-order valence-corrected chi connectivity index (χ3v) is 3.08. The molecule has 0 amide bonds. The first kappa shape index (κ1) is 17.6. The van der Waals surface area contributed by atoms with Crippen LogP contribution >= 0.6 is 0 Å². The van der Waals surface area contributed by atoms with Gasteiger partial charge in [-0.25, -0.2) is 13.6 Å². The van der Waals surface area contributed by atoms with Crippen molar-refractivity contribution in [2.75, 3.05) is 13.2 Å². The molecule has 0 heterocycles. The summed E-state index contributed by atoms with van der Waals surface area (Å²) < 4.78 is 37.7. The van der Waals surface area contributed by atoms with E-state index in [9.17, 15) is 13.6 Å². The van der Waals surface area contributed by atoms with Crippen LogP contribution in [0.3, 0.4) is 0 Å². The summed E-state index contributed by atoms with van der Waals surface area (Å²) in [6.07, 6.45) is 0. The SMILES string of the molecule is C=C(C)C(=O)Oc1ccc(-c2cc(F)c(OCCO)c(F)c2)cc1. The summed E-state index contributed by atoms with van der Waals surface area (Å²) in [5.74, 6) is -2.51. The normalized spacial score (nSPS) is 10.3. The van der Waals surface area contributed by atoms with Gasteiger partial charge in [-0.2, -0.15) is 0 Å². The number of esters is 1. The van der Waals surface area contributed by atoms with Crippen LogP contribution in [0.15, 0.2) is 48.6 Å². The maximum Gasteiger partial charge on any atom is 0.338 e. The third kappa shape index (κ3) is 4.17. The van der Waals surface area contributed by atoms with Crippen LogP contribution in [0.2, 0.25) is 0 Å². The molecule has 0 aliphatic rings. The van der Waals surface area contributed by atoms with E-state index in [1.807, 2.05) is 0 Å². The number of hydrogen-bond donors (Lipinski definition) is 1. The number of rotatable bonds is 6. The molecule has 2 rings (SSSR count). The summed E-state index contributed by atoms with van der Waals surface area (Å²) in [6, 6.07) is 8.44. The summed E-state index contributed by atoms with van der Waals surface area (Å²) in [6.45, 7) is 4.47. The van der Waals surface area contributed by atoms with Gasteiger partial charge in [0.15, 0.2) is 17.4 Å². The van der Waals surface area contributed by atoms with Crippen molar-refractivity contribution in [3.8, 4) is 22.6 Å². The van der Waals surface area contributed by atoms with E-state index in [2.05, 4.69) is 6.58 Å². The first-order valence-corrected chi connectivity index (χ1v) is 7.13. The predicted molar refractivity (Wildman–Crippen MR) is 84.8 cm³/mol. The predicted octanol–water partition coefficient (Wildman–Crippen LogP) is 3.48. The fourth-order valence-corrected chi connectivity index (χ4v) is 1.92. The first-order valence-electron chi connectivity index (χ1n) is 7.13. The second-order valence-corrected chi connectivity index (χ2v) is 5.04. The van der Waals surface area contributed by atoms with E-state index in [-0.39, 0.29) is 18.8 Å². The third-order valence-electron chi connectivity index (χ3n) is 3.08. The van der Waals surface area contributed by atoms with Gasteiger partial charge in [-0.15, -0.1) is 0 Å². The van der Waals surface area contributed by atoms with Gasteiger partial charge in [0, 0.05) is 5.57 Å². The van der Waals surface area contributed by atoms with Crippen molar-refractivity contribution < 1.29 is 28.2 Å². The van der Waals surface area contributed by atoms with E-state index < -0.39 is 23.4 Å². The second-order valence-electron chi connectivity index (χ2n) is 5.04. The lowest BCUT2D eigenvalue weighted by Gasteiger charge is -2.10. The molecular weight excluding hydrogens is 318 g/mol. The summed E-state index contributed by atoms with van der Waals surface area (Å²) in [4.78, 5) is 11.4. The van der Waals surface area contributed by atoms with E-state index in [0.717, 1.165) is 12.1 Å². The number of aliphatic hydroxyl groups excluding tert-OH is 1. The molecule has 126 valence electrons. The highest BCUT2D eigenvalue weighted by Crippen LogP contribution is 2.30. The molecule has 6 heteroatoms. The molecule has 0 aliphatic heterocycles. The van der Waals surface area contributed by atoms with Gasteiger partial charge in [-0.1, -0.05) is 18.7 Å². The van der Waals surface area contributed by atoms with E-state index >= 15 is 0 Å². The highest BCUT2D eigenvalue weighted by Gasteiger charge is 2.14. The Balaban J connectivity index is 2.23. The van der Waals surface area contributed by atoms with Crippen LogP contribution in [0, 0.1) is 11.6 Å². The topological polar surface area (TPSA) is 55.8 Å². The molecule has 4 nitrogen and oxygen atoms in total. The zero-order valence-corrected chi connectivity index (χ0v) is 13.0. The minimum absolute atomic E-state index is 0.198. The molecule has 2 aromatic rings. The number of halogens is 2. The molecule has 0 atom stereocenters. The van der Waals surface area contributed by atoms with Gasteiger partial charge in [0.05, 0.1) is 6.61 Å². The molecule has 0 fully saturated rings. The van der Waals surface area contributed by atoms with Gasteiger partial charge >= 0.3 is 5.97 Å². The van der Waals surface area contributed by atoms with Gasteiger partial charge in [0.25, 0.3) is 0 Å². The Bertz CT molecular complexity index is 731. The zero-order chi connectivity index (χ0) is 17.7. The highest BCUT2D eigenvalue weighted by atomic mass is 19.1. The van der Waals surface area contributed by atoms with E-state index in [4.69, 9.17) is 14.6 Å². The fraction of sp³-hybridized carbons (Fsp3) is 0.167. The minimum Gasteiger partial charge on any atom is -0.485 e. The van der Waals surface area contributed by atoms with Crippen LogP contribution in [0.4, 0.5) is 8.78 Å². The van der Waals surface area contributed by atoms with Crippen molar-refractivity contribution in [1.82, 2.24) is 0 Å². The molecule has 0 spiro atoms. The van der Waals surface area contributed by atoms with Crippen LogP contribution in [-0.2, 0) is 4.79 Å². The summed E-state index contributed by atoms with van der Waals surface area (Å²) in [5.41, 5.74) is 1.11. The lowest BCUT2D eigenvalue weighted by atomic mass is 10.0. The van der Waals surface area contributed by atoms with Crippen molar-refractivity contribution in [3.05, 3.63) is 60.2 Å². The maximum absolute atomic E-state index is 13.9. The van der Waals surface area contributed by atoms with Crippen molar-refractivity contribution in [3.63, 3.8) is 0 Å². The molecule has 2 aromatic carbocycles. The molecule has 0 unspecified atom stereocenters. The number of hydrogen-bond acceptors (Lipinski definition) is 4. The average Bonchev–Trinajstić information content (AvgIpc) is 2.54. The molecule has 0 bridgehead atoms. The molecule has 24 heavy (non-hydrogen) atoms. The average molecular weight is 334 g/mol. The van der Waals surface area contributed by atoms with E-state index in [1.54, 1.807) is 12.1 Å². The first-order chi connectivity index (χ1) is 11.4. The number of ether oxygens (including phenoxy) is 2. The van der Waals surface area contributed by atoms with E-state index in [0.29, 0.717) is 16.9 Å². The molecule has 0 aliphatic carbocycles.